The normalized spacial score (nSPS) is 16.9. The summed E-state index contributed by atoms with van der Waals surface area (Å²) in [7, 11) is 0. The molecule has 0 saturated carbocycles. The average molecular weight is 359 g/mol. The average Bonchev–Trinajstić information content (AvgIpc) is 3.03. The van der Waals surface area contributed by atoms with Gasteiger partial charge in [-0.3, -0.25) is 0 Å². The Morgan fingerprint density at radius 3 is 2.79 bits per heavy atom. The fraction of sp³-hybridized carbons (Fsp3) is 0.111. The highest BCUT2D eigenvalue weighted by Gasteiger charge is 2.25. The first-order valence-corrected chi connectivity index (χ1v) is 8.18. The summed E-state index contributed by atoms with van der Waals surface area (Å²) in [6, 6.07) is 14.5. The van der Waals surface area contributed by atoms with Gasteiger partial charge < -0.3 is 9.84 Å². The third-order valence-electron chi connectivity index (χ3n) is 4.04. The number of para-hydroxylation sites is 1. The van der Waals surface area contributed by atoms with Crippen LogP contribution < -0.4 is 11.1 Å². The van der Waals surface area contributed by atoms with E-state index in [1.165, 1.54) is 0 Å². The summed E-state index contributed by atoms with van der Waals surface area (Å²) < 4.78 is 5.38. The molecular weight excluding hydrogens is 347 g/mol. The number of hydrogen-bond donors (Lipinski definition) is 1. The Balaban J connectivity index is 1.67. The molecule has 3 aromatic rings. The topological polar surface area (TPSA) is 54.6 Å². The third kappa shape index (κ3) is 2.68. The summed E-state index contributed by atoms with van der Waals surface area (Å²) in [6.07, 6.45) is 0.546. The Morgan fingerprint density at radius 1 is 1.12 bits per heavy atom. The number of nitrogens with zero attached hydrogens (tertiary/aromatic N) is 1. The number of benzene rings is 2. The van der Waals surface area contributed by atoms with Gasteiger partial charge in [-0.15, -0.1) is 0 Å². The molecule has 24 heavy (non-hydrogen) atoms. The molecule has 1 unspecified atom stereocenters. The van der Waals surface area contributed by atoms with Crippen LogP contribution in [0.15, 0.2) is 62.8 Å². The van der Waals surface area contributed by atoms with Crippen molar-refractivity contribution in [1.82, 2.24) is 5.43 Å². The van der Waals surface area contributed by atoms with Crippen molar-refractivity contribution in [3.8, 4) is 0 Å². The van der Waals surface area contributed by atoms with Gasteiger partial charge in [-0.1, -0.05) is 47.5 Å². The van der Waals surface area contributed by atoms with Crippen LogP contribution in [0.25, 0.3) is 11.0 Å². The van der Waals surface area contributed by atoms with E-state index in [1.54, 1.807) is 18.2 Å². The molecule has 0 aliphatic carbocycles. The second-order valence-corrected chi connectivity index (χ2v) is 6.44. The van der Waals surface area contributed by atoms with Crippen molar-refractivity contribution >= 4 is 39.9 Å². The van der Waals surface area contributed by atoms with Gasteiger partial charge in [0.15, 0.2) is 0 Å². The highest BCUT2D eigenvalue weighted by Crippen LogP contribution is 2.31. The number of fused-ring (bicyclic) bond motifs is 1. The van der Waals surface area contributed by atoms with Gasteiger partial charge in [-0.2, -0.15) is 5.10 Å². The van der Waals surface area contributed by atoms with Crippen molar-refractivity contribution in [3.63, 3.8) is 0 Å². The van der Waals surface area contributed by atoms with E-state index in [0.29, 0.717) is 33.3 Å². The molecule has 1 aromatic heterocycles. The Bertz CT molecular complexity index is 1030. The molecule has 0 amide bonds. The summed E-state index contributed by atoms with van der Waals surface area (Å²) in [6.45, 7) is 0. The van der Waals surface area contributed by atoms with E-state index >= 15 is 0 Å². The predicted molar refractivity (Wildman–Crippen MR) is 96.0 cm³/mol. The van der Waals surface area contributed by atoms with E-state index in [1.807, 2.05) is 30.3 Å². The second kappa shape index (κ2) is 5.96. The highest BCUT2D eigenvalue weighted by molar-refractivity contribution is 6.35. The van der Waals surface area contributed by atoms with Crippen LogP contribution in [-0.4, -0.2) is 5.71 Å². The molecule has 120 valence electrons. The Morgan fingerprint density at radius 2 is 1.96 bits per heavy atom. The van der Waals surface area contributed by atoms with Crippen molar-refractivity contribution in [2.45, 2.75) is 12.5 Å². The number of hydrogen-bond acceptors (Lipinski definition) is 4. The van der Waals surface area contributed by atoms with E-state index in [-0.39, 0.29) is 6.04 Å². The van der Waals surface area contributed by atoms with Crippen LogP contribution in [0.5, 0.6) is 0 Å². The minimum absolute atomic E-state index is 0.101. The molecule has 1 aliphatic heterocycles. The Kier molecular flexibility index (Phi) is 3.79. The molecule has 0 saturated heterocycles. The third-order valence-corrected chi connectivity index (χ3v) is 4.61. The largest absolute Gasteiger partial charge is 0.422 e. The Labute approximate surface area is 147 Å². The van der Waals surface area contributed by atoms with E-state index < -0.39 is 5.63 Å². The van der Waals surface area contributed by atoms with Gasteiger partial charge in [-0.05, 0) is 29.8 Å². The van der Waals surface area contributed by atoms with Crippen molar-refractivity contribution in [2.75, 3.05) is 0 Å². The number of rotatable bonds is 2. The number of nitrogens with one attached hydrogen (secondary N) is 1. The monoisotopic (exact) mass is 358 g/mol. The molecule has 0 spiro atoms. The van der Waals surface area contributed by atoms with Gasteiger partial charge in [-0.25, -0.2) is 4.79 Å². The van der Waals surface area contributed by atoms with Crippen LogP contribution in [-0.2, 0) is 0 Å². The van der Waals surface area contributed by atoms with Crippen LogP contribution in [0.2, 0.25) is 10.0 Å². The zero-order chi connectivity index (χ0) is 16.7. The summed E-state index contributed by atoms with van der Waals surface area (Å²) >= 11 is 12.2. The Hall–Kier alpha value is -2.30. The minimum Gasteiger partial charge on any atom is -0.422 e. The van der Waals surface area contributed by atoms with Crippen molar-refractivity contribution in [1.29, 1.82) is 0 Å². The smallest absolute Gasteiger partial charge is 0.345 e. The van der Waals surface area contributed by atoms with Gasteiger partial charge in [0.05, 0.1) is 17.3 Å². The van der Waals surface area contributed by atoms with Gasteiger partial charge in [0.1, 0.15) is 5.58 Å². The van der Waals surface area contributed by atoms with Crippen molar-refractivity contribution in [3.05, 3.63) is 80.1 Å². The molecule has 1 atom stereocenters. The predicted octanol–water partition coefficient (Wildman–Crippen LogP) is 4.54. The first-order chi connectivity index (χ1) is 11.6. The SMILES string of the molecule is O=c1oc2ccccc2cc1C1=NNC(c2ccc(Cl)cc2Cl)C1. The summed E-state index contributed by atoms with van der Waals surface area (Å²) in [5.74, 6) is 0. The molecule has 0 radical (unpaired) electrons. The van der Waals surface area contributed by atoms with Gasteiger partial charge in [0.2, 0.25) is 0 Å². The molecule has 0 bridgehead atoms. The lowest BCUT2D eigenvalue weighted by Crippen LogP contribution is -2.14. The minimum atomic E-state index is -0.392. The zero-order valence-corrected chi connectivity index (χ0v) is 13.9. The molecule has 0 fully saturated rings. The maximum absolute atomic E-state index is 12.3. The lowest BCUT2D eigenvalue weighted by molar-refractivity contribution is 0.559. The fourth-order valence-corrected chi connectivity index (χ4v) is 3.38. The maximum atomic E-state index is 12.3. The molecule has 6 heteroatoms. The van der Waals surface area contributed by atoms with Gasteiger partial charge in [0.25, 0.3) is 0 Å². The van der Waals surface area contributed by atoms with Crippen LogP contribution >= 0.6 is 23.2 Å². The van der Waals surface area contributed by atoms with Crippen LogP contribution in [0.1, 0.15) is 23.6 Å². The number of hydrazone groups is 1. The first-order valence-electron chi connectivity index (χ1n) is 7.42. The molecule has 4 nitrogen and oxygen atoms in total. The summed E-state index contributed by atoms with van der Waals surface area (Å²) in [5, 5.41) is 6.33. The molecule has 1 aliphatic rings. The lowest BCUT2D eigenvalue weighted by atomic mass is 9.99. The molecule has 2 heterocycles. The fourth-order valence-electron chi connectivity index (χ4n) is 2.84. The van der Waals surface area contributed by atoms with Gasteiger partial charge >= 0.3 is 5.63 Å². The second-order valence-electron chi connectivity index (χ2n) is 5.60. The van der Waals surface area contributed by atoms with Crippen LogP contribution in [0.4, 0.5) is 0 Å². The van der Waals surface area contributed by atoms with Crippen LogP contribution in [0.3, 0.4) is 0 Å². The summed E-state index contributed by atoms with van der Waals surface area (Å²) in [4.78, 5) is 12.3. The zero-order valence-electron chi connectivity index (χ0n) is 12.4. The van der Waals surface area contributed by atoms with Crippen molar-refractivity contribution < 1.29 is 4.42 Å². The lowest BCUT2D eigenvalue weighted by Gasteiger charge is -2.12. The van der Waals surface area contributed by atoms with Gasteiger partial charge in [0, 0.05) is 21.9 Å². The van der Waals surface area contributed by atoms with E-state index in [9.17, 15) is 4.79 Å². The van der Waals surface area contributed by atoms with Crippen LogP contribution in [0, 0.1) is 0 Å². The van der Waals surface area contributed by atoms with E-state index in [4.69, 9.17) is 27.6 Å². The quantitative estimate of drug-likeness (QED) is 0.684. The highest BCUT2D eigenvalue weighted by atomic mass is 35.5. The molecule has 1 N–H and O–H groups in total. The molecule has 2 aromatic carbocycles. The first kappa shape index (κ1) is 15.2. The van der Waals surface area contributed by atoms with Crippen molar-refractivity contribution in [2.24, 2.45) is 5.10 Å². The molecular formula is C18H12Cl2N2O2. The maximum Gasteiger partial charge on any atom is 0.345 e. The molecule has 4 rings (SSSR count). The standard InChI is InChI=1S/C18H12Cl2N2O2/c19-11-5-6-12(14(20)8-11)15-9-16(22-21-15)13-7-10-3-1-2-4-17(10)24-18(13)23/h1-8,15,21H,9H2. The summed E-state index contributed by atoms with van der Waals surface area (Å²) in [5.41, 5.74) is 5.23. The van der Waals surface area contributed by atoms with E-state index in [0.717, 1.165) is 10.9 Å². The van der Waals surface area contributed by atoms with E-state index in [2.05, 4.69) is 10.5 Å². The number of halogens is 2.